The molecule has 2 heterocycles. The second-order valence-corrected chi connectivity index (χ2v) is 6.64. The minimum absolute atomic E-state index is 0.120. The molecule has 0 bridgehead atoms. The van der Waals surface area contributed by atoms with E-state index in [4.69, 9.17) is 9.26 Å². The normalized spacial score (nSPS) is 20.8. The molecule has 3 rings (SSSR count). The van der Waals surface area contributed by atoms with Crippen molar-refractivity contribution >= 4 is 5.96 Å². The summed E-state index contributed by atoms with van der Waals surface area (Å²) in [6.45, 7) is 5.96. The number of nitrogens with one attached hydrogen (secondary N) is 2. The van der Waals surface area contributed by atoms with Gasteiger partial charge in [-0.3, -0.25) is 4.99 Å². The first-order valence-electron chi connectivity index (χ1n) is 9.07. The Labute approximate surface area is 154 Å². The second-order valence-electron chi connectivity index (χ2n) is 6.64. The van der Waals surface area contributed by atoms with E-state index in [0.717, 1.165) is 32.0 Å². The quantitative estimate of drug-likeness (QED) is 0.632. The van der Waals surface area contributed by atoms with Gasteiger partial charge in [0.2, 0.25) is 5.89 Å². The highest BCUT2D eigenvalue weighted by molar-refractivity contribution is 5.79. The molecule has 2 N–H and O–H groups in total. The van der Waals surface area contributed by atoms with Crippen LogP contribution in [0.2, 0.25) is 0 Å². The first-order valence-corrected chi connectivity index (χ1v) is 9.07. The van der Waals surface area contributed by atoms with Crippen molar-refractivity contribution in [1.29, 1.82) is 0 Å². The molecule has 0 spiro atoms. The molecular weight excluding hydrogens is 330 g/mol. The van der Waals surface area contributed by atoms with Gasteiger partial charge >= 0.3 is 0 Å². The van der Waals surface area contributed by atoms with Crippen LogP contribution in [0.15, 0.2) is 33.8 Å². The van der Waals surface area contributed by atoms with Gasteiger partial charge in [-0.05, 0) is 25.3 Å². The van der Waals surface area contributed by atoms with Crippen LogP contribution in [0, 0.1) is 19.8 Å². The fourth-order valence-electron chi connectivity index (χ4n) is 3.20. The summed E-state index contributed by atoms with van der Waals surface area (Å²) < 4.78 is 11.1. The molecule has 1 fully saturated rings. The Bertz CT molecular complexity index is 726. The summed E-state index contributed by atoms with van der Waals surface area (Å²) in [4.78, 5) is 8.45. The molecule has 1 aromatic heterocycles. The number of benzene rings is 1. The highest BCUT2D eigenvalue weighted by atomic mass is 16.5. The number of hydrogen-bond donors (Lipinski definition) is 2. The van der Waals surface area contributed by atoms with Crippen LogP contribution in [0.3, 0.4) is 0 Å². The van der Waals surface area contributed by atoms with E-state index in [0.29, 0.717) is 24.2 Å². The van der Waals surface area contributed by atoms with E-state index in [-0.39, 0.29) is 6.10 Å². The minimum Gasteiger partial charge on any atom is -0.373 e. The molecule has 7 heteroatoms. The van der Waals surface area contributed by atoms with Crippen molar-refractivity contribution < 1.29 is 9.26 Å². The molecule has 140 valence electrons. The third kappa shape index (κ3) is 4.82. The van der Waals surface area contributed by atoms with Crippen LogP contribution in [0.25, 0.3) is 0 Å². The summed E-state index contributed by atoms with van der Waals surface area (Å²) in [6, 6.07) is 8.63. The van der Waals surface area contributed by atoms with Gasteiger partial charge in [0.05, 0.1) is 12.6 Å². The Balaban J connectivity index is 1.55. The molecular formula is C19H27N5O2. The summed E-state index contributed by atoms with van der Waals surface area (Å²) in [6.07, 6.45) is 2.34. The molecule has 1 aliphatic heterocycles. The molecule has 2 aromatic rings. The molecule has 0 amide bonds. The van der Waals surface area contributed by atoms with E-state index >= 15 is 0 Å². The number of hydrogen-bond acceptors (Lipinski definition) is 5. The number of guanidine groups is 1. The van der Waals surface area contributed by atoms with Gasteiger partial charge in [0.15, 0.2) is 11.8 Å². The SMILES string of the molecule is CN=C(NCc1noc(C)n1)NCC1CCCOC1c1ccc(C)cc1. The van der Waals surface area contributed by atoms with Crippen molar-refractivity contribution in [2.24, 2.45) is 10.9 Å². The van der Waals surface area contributed by atoms with Crippen LogP contribution in [-0.2, 0) is 11.3 Å². The summed E-state index contributed by atoms with van der Waals surface area (Å²) >= 11 is 0. The van der Waals surface area contributed by atoms with E-state index in [1.807, 2.05) is 0 Å². The van der Waals surface area contributed by atoms with Crippen LogP contribution in [-0.4, -0.2) is 36.3 Å². The Kier molecular flexibility index (Phi) is 6.22. The molecule has 1 aromatic carbocycles. The average Bonchev–Trinajstić information content (AvgIpc) is 3.08. The number of aliphatic imine (C=N–C) groups is 1. The maximum atomic E-state index is 6.08. The molecule has 0 radical (unpaired) electrons. The van der Waals surface area contributed by atoms with E-state index < -0.39 is 0 Å². The Morgan fingerprint density at radius 2 is 2.04 bits per heavy atom. The van der Waals surface area contributed by atoms with Crippen molar-refractivity contribution in [2.75, 3.05) is 20.2 Å². The predicted octanol–water partition coefficient (Wildman–Crippen LogP) is 2.52. The number of ether oxygens (including phenoxy) is 1. The van der Waals surface area contributed by atoms with Gasteiger partial charge < -0.3 is 19.9 Å². The van der Waals surface area contributed by atoms with Crippen molar-refractivity contribution in [3.05, 3.63) is 47.1 Å². The van der Waals surface area contributed by atoms with Gasteiger partial charge in [-0.2, -0.15) is 4.98 Å². The highest BCUT2D eigenvalue weighted by Crippen LogP contribution is 2.33. The molecule has 1 aliphatic rings. The maximum Gasteiger partial charge on any atom is 0.223 e. The van der Waals surface area contributed by atoms with Gasteiger partial charge in [0.1, 0.15) is 0 Å². The molecule has 7 nitrogen and oxygen atoms in total. The first-order chi connectivity index (χ1) is 12.7. The smallest absolute Gasteiger partial charge is 0.223 e. The van der Waals surface area contributed by atoms with E-state index in [9.17, 15) is 0 Å². The lowest BCUT2D eigenvalue weighted by atomic mass is 9.89. The summed E-state index contributed by atoms with van der Waals surface area (Å²) in [7, 11) is 1.76. The minimum atomic E-state index is 0.120. The molecule has 2 unspecified atom stereocenters. The van der Waals surface area contributed by atoms with Gasteiger partial charge in [0, 0.05) is 33.0 Å². The van der Waals surface area contributed by atoms with Crippen LogP contribution in [0.1, 0.15) is 41.8 Å². The van der Waals surface area contributed by atoms with Gasteiger partial charge in [-0.1, -0.05) is 35.0 Å². The lowest BCUT2D eigenvalue weighted by Gasteiger charge is -2.32. The predicted molar refractivity (Wildman–Crippen MR) is 99.8 cm³/mol. The van der Waals surface area contributed by atoms with Gasteiger partial charge in [-0.15, -0.1) is 0 Å². The first kappa shape index (κ1) is 18.4. The molecule has 0 saturated carbocycles. The number of nitrogens with zero attached hydrogens (tertiary/aromatic N) is 3. The number of aromatic nitrogens is 2. The van der Waals surface area contributed by atoms with Crippen molar-refractivity contribution in [2.45, 2.75) is 39.3 Å². The molecule has 0 aliphatic carbocycles. The third-order valence-corrected chi connectivity index (χ3v) is 4.59. The topological polar surface area (TPSA) is 84.6 Å². The highest BCUT2D eigenvalue weighted by Gasteiger charge is 2.27. The maximum absolute atomic E-state index is 6.08. The zero-order valence-corrected chi connectivity index (χ0v) is 15.7. The average molecular weight is 357 g/mol. The van der Waals surface area contributed by atoms with Crippen LogP contribution in [0.5, 0.6) is 0 Å². The molecule has 26 heavy (non-hydrogen) atoms. The standard InChI is InChI=1S/C19H27N5O2/c1-13-6-8-15(9-7-13)18-16(5-4-10-25-18)11-21-19(20-3)22-12-17-23-14(2)26-24-17/h6-9,16,18H,4-5,10-12H2,1-3H3,(H2,20,21,22). The zero-order valence-electron chi connectivity index (χ0n) is 15.7. The van der Waals surface area contributed by atoms with Crippen molar-refractivity contribution in [3.8, 4) is 0 Å². The van der Waals surface area contributed by atoms with Crippen LogP contribution >= 0.6 is 0 Å². The Morgan fingerprint density at radius 1 is 1.23 bits per heavy atom. The molecule has 1 saturated heterocycles. The van der Waals surface area contributed by atoms with Crippen molar-refractivity contribution in [3.63, 3.8) is 0 Å². The van der Waals surface area contributed by atoms with Gasteiger partial charge in [-0.25, -0.2) is 0 Å². The largest absolute Gasteiger partial charge is 0.373 e. The monoisotopic (exact) mass is 357 g/mol. The number of aryl methyl sites for hydroxylation is 2. The lowest BCUT2D eigenvalue weighted by molar-refractivity contribution is -0.0265. The second kappa shape index (κ2) is 8.80. The lowest BCUT2D eigenvalue weighted by Crippen LogP contribution is -2.41. The van der Waals surface area contributed by atoms with E-state index in [1.165, 1.54) is 11.1 Å². The fraction of sp³-hybridized carbons (Fsp3) is 0.526. The number of rotatable bonds is 5. The summed E-state index contributed by atoms with van der Waals surface area (Å²) in [5.41, 5.74) is 2.51. The van der Waals surface area contributed by atoms with Crippen LogP contribution < -0.4 is 10.6 Å². The molecule has 2 atom stereocenters. The third-order valence-electron chi connectivity index (χ3n) is 4.59. The Morgan fingerprint density at radius 3 is 2.73 bits per heavy atom. The van der Waals surface area contributed by atoms with E-state index in [2.05, 4.69) is 57.0 Å². The summed E-state index contributed by atoms with van der Waals surface area (Å²) in [5.74, 6) is 2.30. The Hall–Kier alpha value is -2.41. The van der Waals surface area contributed by atoms with Crippen molar-refractivity contribution in [1.82, 2.24) is 20.8 Å². The van der Waals surface area contributed by atoms with Crippen LogP contribution in [0.4, 0.5) is 0 Å². The van der Waals surface area contributed by atoms with E-state index in [1.54, 1.807) is 14.0 Å². The zero-order chi connectivity index (χ0) is 18.4. The summed E-state index contributed by atoms with van der Waals surface area (Å²) in [5, 5.41) is 10.5. The fourth-order valence-corrected chi connectivity index (χ4v) is 3.20. The van der Waals surface area contributed by atoms with Gasteiger partial charge in [0.25, 0.3) is 0 Å².